The van der Waals surface area contributed by atoms with Crippen LogP contribution in [0, 0.1) is 0 Å². The minimum absolute atomic E-state index is 0.855. The summed E-state index contributed by atoms with van der Waals surface area (Å²) >= 11 is 0. The van der Waals surface area contributed by atoms with Crippen LogP contribution in [0.2, 0.25) is 0 Å². The smallest absolute Gasteiger partial charge is 0.00670 e. The Morgan fingerprint density at radius 3 is 2.18 bits per heavy atom. The van der Waals surface area contributed by atoms with Crippen molar-refractivity contribution < 1.29 is 0 Å². The van der Waals surface area contributed by atoms with E-state index < -0.39 is 0 Å². The number of hydrogen-bond acceptors (Lipinski definition) is 1. The molecular weight excluding hydrogens is 266 g/mol. The summed E-state index contributed by atoms with van der Waals surface area (Å²) in [7, 11) is 0. The predicted octanol–water partition coefficient (Wildman–Crippen LogP) is 6.45. The van der Waals surface area contributed by atoms with Gasteiger partial charge >= 0.3 is 0 Å². The molecule has 1 aliphatic carbocycles. The SMILES string of the molecule is CC.CC/C=C\c1ccccc1.CCCNC1CCCCC1. The van der Waals surface area contributed by atoms with Crippen LogP contribution in [0.4, 0.5) is 0 Å². The van der Waals surface area contributed by atoms with E-state index in [1.54, 1.807) is 0 Å². The van der Waals surface area contributed by atoms with E-state index in [0.717, 1.165) is 12.5 Å². The molecule has 0 aliphatic heterocycles. The molecule has 1 aromatic carbocycles. The van der Waals surface area contributed by atoms with Crippen molar-refractivity contribution >= 4 is 6.08 Å². The van der Waals surface area contributed by atoms with Gasteiger partial charge in [-0.15, -0.1) is 0 Å². The van der Waals surface area contributed by atoms with Gasteiger partial charge in [0.05, 0.1) is 0 Å². The van der Waals surface area contributed by atoms with Gasteiger partial charge in [0.1, 0.15) is 0 Å². The lowest BCUT2D eigenvalue weighted by Gasteiger charge is -2.22. The summed E-state index contributed by atoms with van der Waals surface area (Å²) in [6.07, 6.45) is 13.9. The van der Waals surface area contributed by atoms with Crippen molar-refractivity contribution in [3.8, 4) is 0 Å². The van der Waals surface area contributed by atoms with Gasteiger partial charge in [-0.1, -0.05) is 89.4 Å². The first-order valence-corrected chi connectivity index (χ1v) is 9.31. The van der Waals surface area contributed by atoms with Crippen molar-refractivity contribution in [3.05, 3.63) is 42.0 Å². The molecule has 2 rings (SSSR count). The third-order valence-corrected chi connectivity index (χ3v) is 3.63. The molecule has 0 spiro atoms. The molecule has 0 atom stereocenters. The summed E-state index contributed by atoms with van der Waals surface area (Å²) < 4.78 is 0. The van der Waals surface area contributed by atoms with E-state index in [1.807, 2.05) is 19.9 Å². The zero-order valence-electron chi connectivity index (χ0n) is 15.3. The molecule has 1 saturated carbocycles. The van der Waals surface area contributed by atoms with Crippen LogP contribution in [0.5, 0.6) is 0 Å². The number of allylic oxidation sites excluding steroid dienone is 1. The second-order valence-corrected chi connectivity index (χ2v) is 5.51. The topological polar surface area (TPSA) is 12.0 Å². The van der Waals surface area contributed by atoms with Crippen molar-refractivity contribution in [2.45, 2.75) is 78.7 Å². The molecule has 1 heteroatoms. The second kappa shape index (κ2) is 16.3. The molecule has 1 fully saturated rings. The molecule has 1 aromatic rings. The van der Waals surface area contributed by atoms with E-state index in [0.29, 0.717) is 0 Å². The van der Waals surface area contributed by atoms with Gasteiger partial charge in [0, 0.05) is 6.04 Å². The second-order valence-electron chi connectivity index (χ2n) is 5.51. The molecule has 1 N–H and O–H groups in total. The average molecular weight is 304 g/mol. The Bertz CT molecular complexity index is 336. The van der Waals surface area contributed by atoms with E-state index in [-0.39, 0.29) is 0 Å². The summed E-state index contributed by atoms with van der Waals surface area (Å²) in [4.78, 5) is 0. The Morgan fingerprint density at radius 1 is 1.00 bits per heavy atom. The minimum Gasteiger partial charge on any atom is -0.314 e. The van der Waals surface area contributed by atoms with Crippen LogP contribution >= 0.6 is 0 Å². The molecule has 0 heterocycles. The lowest BCUT2D eigenvalue weighted by atomic mass is 9.95. The van der Waals surface area contributed by atoms with Gasteiger partial charge in [-0.2, -0.15) is 0 Å². The molecule has 0 saturated heterocycles. The number of nitrogens with one attached hydrogen (secondary N) is 1. The molecule has 1 nitrogen and oxygen atoms in total. The van der Waals surface area contributed by atoms with Crippen molar-refractivity contribution in [2.75, 3.05) is 6.54 Å². The summed E-state index contributed by atoms with van der Waals surface area (Å²) in [5.41, 5.74) is 1.28. The Labute approximate surface area is 139 Å². The quantitative estimate of drug-likeness (QED) is 0.658. The highest BCUT2D eigenvalue weighted by molar-refractivity contribution is 5.48. The van der Waals surface area contributed by atoms with Crippen LogP contribution < -0.4 is 5.32 Å². The van der Waals surface area contributed by atoms with E-state index in [4.69, 9.17) is 0 Å². The Balaban J connectivity index is 0.000000360. The first-order chi connectivity index (χ1) is 10.9. The highest BCUT2D eigenvalue weighted by atomic mass is 14.9. The number of rotatable bonds is 5. The number of benzene rings is 1. The molecule has 126 valence electrons. The van der Waals surface area contributed by atoms with E-state index in [9.17, 15) is 0 Å². The maximum Gasteiger partial charge on any atom is 0.00670 e. The van der Waals surface area contributed by atoms with Gasteiger partial charge in [-0.05, 0) is 37.8 Å². The Kier molecular flexibility index (Phi) is 15.5. The highest BCUT2D eigenvalue weighted by Gasteiger charge is 2.10. The summed E-state index contributed by atoms with van der Waals surface area (Å²) in [6, 6.07) is 11.2. The van der Waals surface area contributed by atoms with Gasteiger partial charge < -0.3 is 5.32 Å². The monoisotopic (exact) mass is 303 g/mol. The molecular formula is C21H37N. The first kappa shape index (κ1) is 20.9. The van der Waals surface area contributed by atoms with Crippen molar-refractivity contribution in [1.29, 1.82) is 0 Å². The standard InChI is InChI=1S/C10H12.C9H19N.C2H6/c1-2-3-7-10-8-5-4-6-9-10;1-2-8-10-9-6-4-3-5-7-9;1-2/h3-9H,2H2,1H3;9-10H,2-8H2,1H3;1-2H3/b7-3-;;. The number of hydrogen-bond donors (Lipinski definition) is 1. The fourth-order valence-electron chi connectivity index (χ4n) is 2.47. The van der Waals surface area contributed by atoms with Gasteiger partial charge in [0.25, 0.3) is 0 Å². The third-order valence-electron chi connectivity index (χ3n) is 3.63. The Morgan fingerprint density at radius 2 is 1.64 bits per heavy atom. The molecule has 0 bridgehead atoms. The summed E-state index contributed by atoms with van der Waals surface area (Å²) in [5.74, 6) is 0. The highest BCUT2D eigenvalue weighted by Crippen LogP contribution is 2.16. The van der Waals surface area contributed by atoms with Crippen molar-refractivity contribution in [3.63, 3.8) is 0 Å². The van der Waals surface area contributed by atoms with Crippen LogP contribution in [0.25, 0.3) is 6.08 Å². The maximum atomic E-state index is 3.57. The molecule has 22 heavy (non-hydrogen) atoms. The fraction of sp³-hybridized carbons (Fsp3) is 0.619. The van der Waals surface area contributed by atoms with Gasteiger partial charge in [-0.3, -0.25) is 0 Å². The molecule has 0 unspecified atom stereocenters. The largest absolute Gasteiger partial charge is 0.314 e. The zero-order chi connectivity index (χ0) is 16.5. The normalized spacial score (nSPS) is 14.7. The minimum atomic E-state index is 0.855. The zero-order valence-corrected chi connectivity index (χ0v) is 15.3. The molecule has 0 radical (unpaired) electrons. The van der Waals surface area contributed by atoms with Crippen molar-refractivity contribution in [1.82, 2.24) is 5.32 Å². The van der Waals surface area contributed by atoms with Crippen LogP contribution in [-0.4, -0.2) is 12.6 Å². The van der Waals surface area contributed by atoms with Gasteiger partial charge in [-0.25, -0.2) is 0 Å². The first-order valence-electron chi connectivity index (χ1n) is 9.31. The molecule has 0 aromatic heterocycles. The van der Waals surface area contributed by atoms with E-state index in [2.05, 4.69) is 55.6 Å². The maximum absolute atomic E-state index is 3.57. The molecule has 0 amide bonds. The fourth-order valence-corrected chi connectivity index (χ4v) is 2.47. The Hall–Kier alpha value is -1.08. The summed E-state index contributed by atoms with van der Waals surface area (Å²) in [6.45, 7) is 9.58. The van der Waals surface area contributed by atoms with E-state index >= 15 is 0 Å². The molecule has 1 aliphatic rings. The lowest BCUT2D eigenvalue weighted by molar-refractivity contribution is 0.374. The van der Waals surface area contributed by atoms with Crippen LogP contribution in [0.15, 0.2) is 36.4 Å². The van der Waals surface area contributed by atoms with E-state index in [1.165, 1.54) is 50.6 Å². The average Bonchev–Trinajstić information content (AvgIpc) is 2.62. The van der Waals surface area contributed by atoms with Gasteiger partial charge in [0.15, 0.2) is 0 Å². The summed E-state index contributed by atoms with van der Waals surface area (Å²) in [5, 5.41) is 3.57. The van der Waals surface area contributed by atoms with Crippen LogP contribution in [0.1, 0.15) is 78.2 Å². The van der Waals surface area contributed by atoms with Crippen LogP contribution in [-0.2, 0) is 0 Å². The van der Waals surface area contributed by atoms with Gasteiger partial charge in [0.2, 0.25) is 0 Å². The predicted molar refractivity (Wildman–Crippen MR) is 102 cm³/mol. The van der Waals surface area contributed by atoms with Crippen molar-refractivity contribution in [2.24, 2.45) is 0 Å². The van der Waals surface area contributed by atoms with Crippen LogP contribution in [0.3, 0.4) is 0 Å². The lowest BCUT2D eigenvalue weighted by Crippen LogP contribution is -2.31. The third kappa shape index (κ3) is 11.6.